The lowest BCUT2D eigenvalue weighted by Crippen LogP contribution is -2.48. The molecule has 0 aliphatic carbocycles. The molecule has 2 bridgehead atoms. The fraction of sp³-hybridized carbons (Fsp3) is 0.400. The van der Waals surface area contributed by atoms with Gasteiger partial charge in [0.25, 0.3) is 5.91 Å². The van der Waals surface area contributed by atoms with Crippen LogP contribution in [-0.2, 0) is 7.05 Å². The van der Waals surface area contributed by atoms with E-state index in [9.17, 15) is 9.18 Å². The number of amides is 1. The highest BCUT2D eigenvalue weighted by atomic mass is 35.5. The molecule has 1 amide bonds. The topological polar surface area (TPSA) is 37.3 Å². The van der Waals surface area contributed by atoms with E-state index in [0.717, 1.165) is 40.6 Å². The maximum absolute atomic E-state index is 13.6. The number of piperidine rings is 1. The SMILES string of the molecule is Cc1ccc2c(c1)c(C(=O)NC1CC3CCC(C1)N3C)c(-c1ccc(F)cc1)n2C.Cl. The Morgan fingerprint density at radius 2 is 1.68 bits per heavy atom. The van der Waals surface area contributed by atoms with Gasteiger partial charge in [-0.1, -0.05) is 11.6 Å². The summed E-state index contributed by atoms with van der Waals surface area (Å²) in [6.07, 6.45) is 4.46. The predicted molar refractivity (Wildman–Crippen MR) is 125 cm³/mol. The summed E-state index contributed by atoms with van der Waals surface area (Å²) in [6, 6.07) is 14.0. The van der Waals surface area contributed by atoms with Gasteiger partial charge in [0.1, 0.15) is 5.82 Å². The van der Waals surface area contributed by atoms with Crippen molar-refractivity contribution in [1.82, 2.24) is 14.8 Å². The summed E-state index contributed by atoms with van der Waals surface area (Å²) in [4.78, 5) is 16.1. The van der Waals surface area contributed by atoms with Crippen LogP contribution in [0.2, 0.25) is 0 Å². The molecule has 2 aromatic carbocycles. The van der Waals surface area contributed by atoms with Crippen LogP contribution in [0.5, 0.6) is 0 Å². The maximum Gasteiger partial charge on any atom is 0.254 e. The van der Waals surface area contributed by atoms with Gasteiger partial charge in [0, 0.05) is 36.1 Å². The van der Waals surface area contributed by atoms with Crippen molar-refractivity contribution in [3.63, 3.8) is 0 Å². The lowest BCUT2D eigenvalue weighted by Gasteiger charge is -2.36. The highest BCUT2D eigenvalue weighted by molar-refractivity contribution is 6.13. The molecule has 1 aromatic heterocycles. The number of carbonyl (C=O) groups is 1. The molecule has 0 radical (unpaired) electrons. The number of benzene rings is 2. The monoisotopic (exact) mass is 441 g/mol. The van der Waals surface area contributed by atoms with Crippen LogP contribution in [-0.4, -0.2) is 40.5 Å². The number of hydrogen-bond donors (Lipinski definition) is 1. The Hall–Kier alpha value is -2.37. The second-order valence-electron chi connectivity index (χ2n) is 9.00. The fourth-order valence-corrected chi connectivity index (χ4v) is 5.52. The average molecular weight is 442 g/mol. The Morgan fingerprint density at radius 3 is 2.32 bits per heavy atom. The zero-order valence-electron chi connectivity index (χ0n) is 18.2. The summed E-state index contributed by atoms with van der Waals surface area (Å²) in [7, 11) is 4.18. The molecular formula is C25H29ClFN3O. The number of hydrogen-bond acceptors (Lipinski definition) is 2. The van der Waals surface area contributed by atoms with Crippen LogP contribution in [0.4, 0.5) is 4.39 Å². The van der Waals surface area contributed by atoms with Crippen molar-refractivity contribution in [1.29, 1.82) is 0 Å². The van der Waals surface area contributed by atoms with Gasteiger partial charge in [0.2, 0.25) is 0 Å². The summed E-state index contributed by atoms with van der Waals surface area (Å²) < 4.78 is 15.6. The Balaban J connectivity index is 0.00000231. The Morgan fingerprint density at radius 1 is 1.03 bits per heavy atom. The molecular weight excluding hydrogens is 413 g/mol. The third-order valence-electron chi connectivity index (χ3n) is 7.13. The van der Waals surface area contributed by atoms with E-state index in [2.05, 4.69) is 40.0 Å². The molecule has 3 heterocycles. The number of aryl methyl sites for hydroxylation is 2. The molecule has 4 nitrogen and oxygen atoms in total. The van der Waals surface area contributed by atoms with Crippen molar-refractivity contribution >= 4 is 29.2 Å². The summed E-state index contributed by atoms with van der Waals surface area (Å²) in [5.74, 6) is -0.305. The summed E-state index contributed by atoms with van der Waals surface area (Å²) >= 11 is 0. The lowest BCUT2D eigenvalue weighted by atomic mass is 9.97. The van der Waals surface area contributed by atoms with E-state index < -0.39 is 0 Å². The third-order valence-corrected chi connectivity index (χ3v) is 7.13. The lowest BCUT2D eigenvalue weighted by molar-refractivity contribution is 0.0884. The van der Waals surface area contributed by atoms with Crippen molar-refractivity contribution in [2.24, 2.45) is 7.05 Å². The highest BCUT2D eigenvalue weighted by Crippen LogP contribution is 2.36. The van der Waals surface area contributed by atoms with E-state index in [1.54, 1.807) is 12.1 Å². The van der Waals surface area contributed by atoms with Crippen LogP contribution in [0.25, 0.3) is 22.2 Å². The number of carbonyl (C=O) groups excluding carboxylic acids is 1. The van der Waals surface area contributed by atoms with Crippen LogP contribution in [0, 0.1) is 12.7 Å². The molecule has 0 saturated carbocycles. The molecule has 6 heteroatoms. The van der Waals surface area contributed by atoms with Gasteiger partial charge >= 0.3 is 0 Å². The third kappa shape index (κ3) is 3.74. The number of halogens is 2. The van der Waals surface area contributed by atoms with E-state index in [1.165, 1.54) is 25.0 Å². The average Bonchev–Trinajstić information content (AvgIpc) is 3.10. The first kappa shape index (κ1) is 21.8. The molecule has 5 rings (SSSR count). The largest absolute Gasteiger partial charge is 0.349 e. The highest BCUT2D eigenvalue weighted by Gasteiger charge is 2.39. The van der Waals surface area contributed by atoms with Gasteiger partial charge in [-0.3, -0.25) is 4.79 Å². The van der Waals surface area contributed by atoms with Crippen molar-refractivity contribution in [2.45, 2.75) is 50.7 Å². The molecule has 2 aliphatic rings. The maximum atomic E-state index is 13.6. The number of fused-ring (bicyclic) bond motifs is 3. The molecule has 2 aliphatic heterocycles. The van der Waals surface area contributed by atoms with Gasteiger partial charge in [-0.25, -0.2) is 4.39 Å². The van der Waals surface area contributed by atoms with Crippen LogP contribution in [0.1, 0.15) is 41.6 Å². The van der Waals surface area contributed by atoms with E-state index in [0.29, 0.717) is 17.6 Å². The standard InChI is InChI=1S/C25H28FN3O.ClH/c1-15-4-11-22-21(12-15)23(24(29(22)3)16-5-7-17(26)8-6-16)25(30)27-18-13-19-9-10-20(14-18)28(19)2;/h4-8,11-12,18-20H,9-10,13-14H2,1-3H3,(H,27,30);1H. The first-order chi connectivity index (χ1) is 14.4. The van der Waals surface area contributed by atoms with Crippen molar-refractivity contribution in [2.75, 3.05) is 7.05 Å². The van der Waals surface area contributed by atoms with Crippen LogP contribution in [0.15, 0.2) is 42.5 Å². The summed E-state index contributed by atoms with van der Waals surface area (Å²) in [6.45, 7) is 2.04. The first-order valence-corrected chi connectivity index (χ1v) is 10.8. The van der Waals surface area contributed by atoms with Crippen LogP contribution >= 0.6 is 12.4 Å². The predicted octanol–water partition coefficient (Wildman–Crippen LogP) is 5.07. The Bertz CT molecular complexity index is 1110. The molecule has 0 spiro atoms. The Kier molecular flexibility index (Phi) is 5.84. The Labute approximate surface area is 188 Å². The van der Waals surface area contributed by atoms with E-state index in [-0.39, 0.29) is 30.2 Å². The minimum Gasteiger partial charge on any atom is -0.349 e. The number of nitrogens with one attached hydrogen (secondary N) is 1. The molecule has 3 aromatic rings. The van der Waals surface area contributed by atoms with Gasteiger partial charge in [-0.05, 0) is 81.6 Å². The molecule has 1 N–H and O–H groups in total. The van der Waals surface area contributed by atoms with Crippen molar-refractivity contribution in [3.8, 4) is 11.3 Å². The number of aromatic nitrogens is 1. The van der Waals surface area contributed by atoms with E-state index in [4.69, 9.17) is 0 Å². The smallest absolute Gasteiger partial charge is 0.254 e. The summed E-state index contributed by atoms with van der Waals surface area (Å²) in [5.41, 5.74) is 4.50. The molecule has 2 unspecified atom stereocenters. The quantitative estimate of drug-likeness (QED) is 0.616. The minimum atomic E-state index is -0.277. The zero-order valence-corrected chi connectivity index (χ0v) is 19.0. The number of nitrogens with zero attached hydrogens (tertiary/aromatic N) is 2. The van der Waals surface area contributed by atoms with Gasteiger partial charge in [0.05, 0.1) is 11.3 Å². The normalized spacial score (nSPS) is 23.0. The molecule has 2 saturated heterocycles. The fourth-order valence-electron chi connectivity index (χ4n) is 5.52. The van der Waals surface area contributed by atoms with Crippen molar-refractivity contribution in [3.05, 3.63) is 59.4 Å². The van der Waals surface area contributed by atoms with E-state index >= 15 is 0 Å². The molecule has 164 valence electrons. The van der Waals surface area contributed by atoms with Crippen LogP contribution in [0.3, 0.4) is 0 Å². The second kappa shape index (κ2) is 8.29. The molecule has 2 fully saturated rings. The van der Waals surface area contributed by atoms with Gasteiger partial charge in [-0.2, -0.15) is 0 Å². The minimum absolute atomic E-state index is 0. The van der Waals surface area contributed by atoms with Gasteiger partial charge < -0.3 is 14.8 Å². The summed E-state index contributed by atoms with van der Waals surface area (Å²) in [5, 5.41) is 4.30. The molecule has 2 atom stereocenters. The van der Waals surface area contributed by atoms with Crippen LogP contribution < -0.4 is 5.32 Å². The zero-order chi connectivity index (χ0) is 21.0. The molecule has 31 heavy (non-hydrogen) atoms. The second-order valence-corrected chi connectivity index (χ2v) is 9.00. The number of rotatable bonds is 3. The van der Waals surface area contributed by atoms with Gasteiger partial charge in [0.15, 0.2) is 0 Å². The van der Waals surface area contributed by atoms with Gasteiger partial charge in [-0.15, -0.1) is 12.4 Å². The van der Waals surface area contributed by atoms with E-state index in [1.807, 2.05) is 14.0 Å². The first-order valence-electron chi connectivity index (χ1n) is 10.8. The van der Waals surface area contributed by atoms with Crippen molar-refractivity contribution < 1.29 is 9.18 Å².